The Kier molecular flexibility index (Phi) is 2.51. The van der Waals surface area contributed by atoms with E-state index < -0.39 is 0 Å². The van der Waals surface area contributed by atoms with Gasteiger partial charge in [-0.1, -0.05) is 0 Å². The van der Waals surface area contributed by atoms with Crippen molar-refractivity contribution < 1.29 is 0 Å². The second-order valence-electron chi connectivity index (χ2n) is 5.44. The SMILES string of the molecule is Cc1cc(-c2nc3cc(C#N)ccc3n2C2CC2)cnn1. The molecule has 5 heteroatoms. The van der Waals surface area contributed by atoms with E-state index in [0.29, 0.717) is 11.6 Å². The minimum Gasteiger partial charge on any atom is -0.321 e. The Morgan fingerprint density at radius 2 is 2.14 bits per heavy atom. The van der Waals surface area contributed by atoms with Crippen molar-refractivity contribution in [2.45, 2.75) is 25.8 Å². The fourth-order valence-electron chi connectivity index (χ4n) is 2.67. The highest BCUT2D eigenvalue weighted by molar-refractivity contribution is 5.82. The third kappa shape index (κ3) is 1.96. The van der Waals surface area contributed by atoms with Crippen LogP contribution in [0.4, 0.5) is 0 Å². The van der Waals surface area contributed by atoms with E-state index in [1.807, 2.05) is 31.2 Å². The Balaban J connectivity index is 1.99. The van der Waals surface area contributed by atoms with Crippen LogP contribution < -0.4 is 0 Å². The zero-order valence-electron chi connectivity index (χ0n) is 11.6. The van der Waals surface area contributed by atoms with Gasteiger partial charge in [0.25, 0.3) is 0 Å². The number of benzene rings is 1. The highest BCUT2D eigenvalue weighted by atomic mass is 15.1. The molecule has 0 N–H and O–H groups in total. The minimum absolute atomic E-state index is 0.506. The summed E-state index contributed by atoms with van der Waals surface area (Å²) in [5, 5.41) is 17.1. The Hall–Kier alpha value is -2.74. The molecule has 3 aromatic rings. The van der Waals surface area contributed by atoms with Crippen LogP contribution in [0.25, 0.3) is 22.4 Å². The number of fused-ring (bicyclic) bond motifs is 1. The molecule has 0 aliphatic heterocycles. The molecule has 1 aliphatic carbocycles. The van der Waals surface area contributed by atoms with E-state index in [4.69, 9.17) is 10.2 Å². The molecular formula is C16H13N5. The lowest BCUT2D eigenvalue weighted by Crippen LogP contribution is -1.98. The van der Waals surface area contributed by atoms with Crippen molar-refractivity contribution in [3.8, 4) is 17.5 Å². The molecule has 0 atom stereocenters. The number of rotatable bonds is 2. The second-order valence-corrected chi connectivity index (χ2v) is 5.44. The highest BCUT2D eigenvalue weighted by Crippen LogP contribution is 2.41. The minimum atomic E-state index is 0.506. The van der Waals surface area contributed by atoms with E-state index >= 15 is 0 Å². The summed E-state index contributed by atoms with van der Waals surface area (Å²) < 4.78 is 2.27. The first-order valence-corrected chi connectivity index (χ1v) is 6.98. The maximum absolute atomic E-state index is 9.05. The summed E-state index contributed by atoms with van der Waals surface area (Å²) in [6.07, 6.45) is 4.10. The molecule has 1 aliphatic rings. The zero-order chi connectivity index (χ0) is 14.4. The predicted octanol–water partition coefficient (Wildman–Crippen LogP) is 3.01. The van der Waals surface area contributed by atoms with Crippen LogP contribution in [0.15, 0.2) is 30.5 Å². The maximum atomic E-state index is 9.05. The van der Waals surface area contributed by atoms with Crippen molar-refractivity contribution in [3.05, 3.63) is 41.7 Å². The van der Waals surface area contributed by atoms with Gasteiger partial charge in [-0.15, -0.1) is 0 Å². The van der Waals surface area contributed by atoms with Crippen molar-refractivity contribution in [3.63, 3.8) is 0 Å². The molecule has 1 aromatic carbocycles. The number of nitrogens with zero attached hydrogens (tertiary/aromatic N) is 5. The highest BCUT2D eigenvalue weighted by Gasteiger charge is 2.28. The van der Waals surface area contributed by atoms with E-state index in [2.05, 4.69) is 20.8 Å². The van der Waals surface area contributed by atoms with Crippen LogP contribution >= 0.6 is 0 Å². The molecule has 2 aromatic heterocycles. The lowest BCUT2D eigenvalue weighted by Gasteiger charge is -2.07. The molecule has 0 spiro atoms. The third-order valence-corrected chi connectivity index (χ3v) is 3.77. The van der Waals surface area contributed by atoms with Gasteiger partial charge in [0.2, 0.25) is 0 Å². The molecule has 0 bridgehead atoms. The second kappa shape index (κ2) is 4.38. The molecule has 4 rings (SSSR count). The number of aromatic nitrogens is 4. The van der Waals surface area contributed by atoms with E-state index in [9.17, 15) is 0 Å². The summed E-state index contributed by atoms with van der Waals surface area (Å²) in [5.74, 6) is 0.917. The van der Waals surface area contributed by atoms with Crippen LogP contribution in [0.5, 0.6) is 0 Å². The van der Waals surface area contributed by atoms with E-state index in [1.54, 1.807) is 6.20 Å². The Morgan fingerprint density at radius 3 is 2.86 bits per heavy atom. The van der Waals surface area contributed by atoms with Crippen molar-refractivity contribution in [1.82, 2.24) is 19.7 Å². The molecule has 1 fully saturated rings. The van der Waals surface area contributed by atoms with Gasteiger partial charge in [-0.3, -0.25) is 0 Å². The summed E-state index contributed by atoms with van der Waals surface area (Å²) in [6.45, 7) is 1.93. The number of nitriles is 1. The zero-order valence-corrected chi connectivity index (χ0v) is 11.6. The molecular weight excluding hydrogens is 262 g/mol. The van der Waals surface area contributed by atoms with Gasteiger partial charge in [-0.25, -0.2) is 4.98 Å². The average Bonchev–Trinajstić information content (AvgIpc) is 3.26. The largest absolute Gasteiger partial charge is 0.321 e. The Bertz CT molecular complexity index is 883. The van der Waals surface area contributed by atoms with Gasteiger partial charge >= 0.3 is 0 Å². The van der Waals surface area contributed by atoms with Gasteiger partial charge in [-0.05, 0) is 44.0 Å². The smallest absolute Gasteiger partial charge is 0.143 e. The lowest BCUT2D eigenvalue weighted by atomic mass is 10.2. The quantitative estimate of drug-likeness (QED) is 0.721. The van der Waals surface area contributed by atoms with Gasteiger partial charge in [0.15, 0.2) is 0 Å². The van der Waals surface area contributed by atoms with E-state index in [1.165, 1.54) is 12.8 Å². The van der Waals surface area contributed by atoms with Crippen LogP contribution in [0, 0.1) is 18.3 Å². The standard InChI is InChI=1S/C16H13N5/c1-10-6-12(9-18-20-10)16-19-14-7-11(8-17)2-5-15(14)21(16)13-3-4-13/h2,5-7,9,13H,3-4H2,1H3. The van der Waals surface area contributed by atoms with Gasteiger partial charge in [-0.2, -0.15) is 15.5 Å². The van der Waals surface area contributed by atoms with Gasteiger partial charge < -0.3 is 4.57 Å². The lowest BCUT2D eigenvalue weighted by molar-refractivity contribution is 0.773. The van der Waals surface area contributed by atoms with Crippen LogP contribution in [0.1, 0.15) is 30.1 Å². The predicted molar refractivity (Wildman–Crippen MR) is 78.5 cm³/mol. The van der Waals surface area contributed by atoms with Crippen LogP contribution in [0.3, 0.4) is 0 Å². The molecule has 1 saturated carbocycles. The molecule has 0 unspecified atom stereocenters. The normalized spacial score (nSPS) is 14.3. The molecule has 5 nitrogen and oxygen atoms in total. The summed E-state index contributed by atoms with van der Waals surface area (Å²) in [4.78, 5) is 4.74. The number of hydrogen-bond acceptors (Lipinski definition) is 4. The number of aryl methyl sites for hydroxylation is 1. The molecule has 0 saturated heterocycles. The summed E-state index contributed by atoms with van der Waals surface area (Å²) in [7, 11) is 0. The summed E-state index contributed by atoms with van der Waals surface area (Å²) >= 11 is 0. The molecule has 102 valence electrons. The molecule has 0 radical (unpaired) electrons. The van der Waals surface area contributed by atoms with Gasteiger partial charge in [0.05, 0.1) is 34.6 Å². The fourth-order valence-corrected chi connectivity index (χ4v) is 2.67. The van der Waals surface area contributed by atoms with Crippen LogP contribution in [0.2, 0.25) is 0 Å². The third-order valence-electron chi connectivity index (χ3n) is 3.77. The maximum Gasteiger partial charge on any atom is 0.143 e. The molecule has 21 heavy (non-hydrogen) atoms. The van der Waals surface area contributed by atoms with E-state index in [-0.39, 0.29) is 0 Å². The fraction of sp³-hybridized carbons (Fsp3) is 0.250. The van der Waals surface area contributed by atoms with Gasteiger partial charge in [0.1, 0.15) is 5.82 Å². The van der Waals surface area contributed by atoms with Crippen molar-refractivity contribution in [1.29, 1.82) is 5.26 Å². The number of imidazole rings is 1. The molecule has 0 amide bonds. The first-order valence-electron chi connectivity index (χ1n) is 6.98. The van der Waals surface area contributed by atoms with Crippen molar-refractivity contribution in [2.24, 2.45) is 0 Å². The number of hydrogen-bond donors (Lipinski definition) is 0. The summed E-state index contributed by atoms with van der Waals surface area (Å²) in [5.41, 5.74) is 4.44. The molecule has 2 heterocycles. The van der Waals surface area contributed by atoms with Crippen molar-refractivity contribution >= 4 is 11.0 Å². The summed E-state index contributed by atoms with van der Waals surface area (Å²) in [6, 6.07) is 10.4. The average molecular weight is 275 g/mol. The Labute approximate surface area is 121 Å². The first kappa shape index (κ1) is 12.0. The van der Waals surface area contributed by atoms with Crippen LogP contribution in [-0.2, 0) is 0 Å². The van der Waals surface area contributed by atoms with Crippen molar-refractivity contribution in [2.75, 3.05) is 0 Å². The Morgan fingerprint density at radius 1 is 1.29 bits per heavy atom. The van der Waals surface area contributed by atoms with Crippen LogP contribution in [-0.4, -0.2) is 19.7 Å². The first-order chi connectivity index (χ1) is 10.3. The monoisotopic (exact) mass is 275 g/mol. The van der Waals surface area contributed by atoms with E-state index in [0.717, 1.165) is 28.1 Å². The topological polar surface area (TPSA) is 67.4 Å². The van der Waals surface area contributed by atoms with Gasteiger partial charge in [0, 0.05) is 11.6 Å².